The summed E-state index contributed by atoms with van der Waals surface area (Å²) in [5, 5.41) is 6.81. The summed E-state index contributed by atoms with van der Waals surface area (Å²) in [4.78, 5) is 32.6. The third kappa shape index (κ3) is 2.95. The van der Waals surface area contributed by atoms with E-state index in [1.54, 1.807) is 6.07 Å². The molecule has 0 unspecified atom stereocenters. The van der Waals surface area contributed by atoms with Crippen molar-refractivity contribution in [1.82, 2.24) is 19.5 Å². The number of amides is 1. The summed E-state index contributed by atoms with van der Waals surface area (Å²) in [6, 6.07) is 8.14. The van der Waals surface area contributed by atoms with Gasteiger partial charge in [0.05, 0.1) is 6.20 Å². The largest absolute Gasteiger partial charge is 0.338 e. The summed E-state index contributed by atoms with van der Waals surface area (Å²) in [7, 11) is 0. The highest BCUT2D eigenvalue weighted by molar-refractivity contribution is 6.04. The first kappa shape index (κ1) is 18.2. The Kier molecular flexibility index (Phi) is 3.99. The molecule has 0 atom stereocenters. The molecule has 150 valence electrons. The number of anilines is 1. The Morgan fingerprint density at radius 3 is 2.90 bits per heavy atom. The molecule has 1 amide bonds. The first-order valence-corrected chi connectivity index (χ1v) is 9.35. The van der Waals surface area contributed by atoms with Gasteiger partial charge in [0.25, 0.3) is 5.91 Å². The van der Waals surface area contributed by atoms with Crippen molar-refractivity contribution in [2.75, 3.05) is 5.32 Å². The smallest absolute Gasteiger partial charge is 0.274 e. The number of halogens is 1. The Hall–Kier alpha value is -3.88. The second kappa shape index (κ2) is 6.58. The molecule has 0 saturated heterocycles. The topological polar surface area (TPSA) is 102 Å². The monoisotopic (exact) mass is 405 g/mol. The lowest BCUT2D eigenvalue weighted by Gasteiger charge is -2.09. The number of aldehydes is 1. The van der Waals surface area contributed by atoms with Crippen molar-refractivity contribution < 1.29 is 18.5 Å². The van der Waals surface area contributed by atoms with Crippen LogP contribution in [0.25, 0.3) is 17.0 Å². The number of nitrogens with zero attached hydrogens (tertiary/aromatic N) is 4. The van der Waals surface area contributed by atoms with E-state index in [0.29, 0.717) is 41.5 Å². The first-order chi connectivity index (χ1) is 14.5. The van der Waals surface area contributed by atoms with Crippen LogP contribution in [0.3, 0.4) is 0 Å². The van der Waals surface area contributed by atoms with Crippen LogP contribution in [0, 0.1) is 12.7 Å². The van der Waals surface area contributed by atoms with Gasteiger partial charge >= 0.3 is 0 Å². The molecule has 1 aromatic carbocycles. The van der Waals surface area contributed by atoms with Crippen LogP contribution in [-0.4, -0.2) is 31.7 Å². The highest BCUT2D eigenvalue weighted by Crippen LogP contribution is 2.45. The zero-order valence-corrected chi connectivity index (χ0v) is 15.9. The van der Waals surface area contributed by atoms with E-state index in [0.717, 1.165) is 11.8 Å². The van der Waals surface area contributed by atoms with Gasteiger partial charge in [-0.1, -0.05) is 17.3 Å². The van der Waals surface area contributed by atoms with Crippen LogP contribution in [0.4, 0.5) is 10.1 Å². The highest BCUT2D eigenvalue weighted by atomic mass is 19.1. The summed E-state index contributed by atoms with van der Waals surface area (Å²) >= 11 is 0. The zero-order valence-electron chi connectivity index (χ0n) is 15.9. The van der Waals surface area contributed by atoms with Crippen LogP contribution in [0.5, 0.6) is 0 Å². The average molecular weight is 405 g/mol. The van der Waals surface area contributed by atoms with Gasteiger partial charge in [0.15, 0.2) is 0 Å². The van der Waals surface area contributed by atoms with Crippen LogP contribution in [0.1, 0.15) is 34.8 Å². The third-order valence-corrected chi connectivity index (χ3v) is 5.31. The number of aromatic nitrogens is 4. The first-order valence-electron chi connectivity index (χ1n) is 9.35. The van der Waals surface area contributed by atoms with Gasteiger partial charge in [-0.05, 0) is 43.5 Å². The lowest BCUT2D eigenvalue weighted by molar-refractivity contribution is -0.110. The molecule has 5 rings (SSSR count). The molecule has 8 nitrogen and oxygen atoms in total. The van der Waals surface area contributed by atoms with Crippen molar-refractivity contribution in [2.45, 2.75) is 25.2 Å². The Morgan fingerprint density at radius 1 is 1.30 bits per heavy atom. The molecule has 0 radical (unpaired) electrons. The van der Waals surface area contributed by atoms with Gasteiger partial charge < -0.3 is 14.6 Å². The van der Waals surface area contributed by atoms with Gasteiger partial charge in [-0.15, -0.1) is 0 Å². The fraction of sp³-hybridized carbons (Fsp3) is 0.190. The van der Waals surface area contributed by atoms with Gasteiger partial charge in [-0.2, -0.15) is 4.98 Å². The molecule has 3 heterocycles. The minimum atomic E-state index is -0.647. The van der Waals surface area contributed by atoms with Gasteiger partial charge in [-0.25, -0.2) is 9.37 Å². The second-order valence-electron chi connectivity index (χ2n) is 7.40. The Balaban J connectivity index is 1.44. The molecule has 1 saturated carbocycles. The number of imidazole rings is 1. The van der Waals surface area contributed by atoms with Crippen molar-refractivity contribution >= 4 is 23.5 Å². The number of pyridine rings is 1. The summed E-state index contributed by atoms with van der Waals surface area (Å²) < 4.78 is 20.3. The normalized spacial score (nSPS) is 14.6. The van der Waals surface area contributed by atoms with E-state index in [-0.39, 0.29) is 5.69 Å². The number of benzene rings is 1. The summed E-state index contributed by atoms with van der Waals surface area (Å²) in [6.45, 7) is 1.85. The fourth-order valence-corrected chi connectivity index (χ4v) is 3.26. The highest BCUT2D eigenvalue weighted by Gasteiger charge is 2.49. The maximum absolute atomic E-state index is 13.6. The van der Waals surface area contributed by atoms with Crippen LogP contribution < -0.4 is 5.32 Å². The van der Waals surface area contributed by atoms with E-state index in [1.165, 1.54) is 28.9 Å². The number of nitrogens with one attached hydrogen (secondary N) is 1. The fourth-order valence-electron chi connectivity index (χ4n) is 3.26. The van der Waals surface area contributed by atoms with Crippen molar-refractivity contribution in [3.8, 4) is 11.4 Å². The zero-order chi connectivity index (χ0) is 20.9. The molecule has 30 heavy (non-hydrogen) atoms. The number of carbonyl (C=O) groups is 2. The summed E-state index contributed by atoms with van der Waals surface area (Å²) in [5.41, 5.74) is 2.03. The van der Waals surface area contributed by atoms with Crippen LogP contribution in [0.15, 0.2) is 47.2 Å². The van der Waals surface area contributed by atoms with Crippen molar-refractivity contribution in [2.24, 2.45) is 0 Å². The van der Waals surface area contributed by atoms with Crippen molar-refractivity contribution in [3.05, 3.63) is 65.7 Å². The minimum absolute atomic E-state index is 0.206. The maximum atomic E-state index is 13.6. The molecule has 1 fully saturated rings. The number of aryl methyl sites for hydroxylation is 1. The Labute approximate surface area is 169 Å². The van der Waals surface area contributed by atoms with Crippen LogP contribution >= 0.6 is 0 Å². The Morgan fingerprint density at radius 2 is 2.13 bits per heavy atom. The molecule has 9 heteroatoms. The standard InChI is InChI=1S/C21H16FN5O3/c1-12-2-3-13(18-25-20(30-26-18)21(11-28)6-7-21)8-15(12)24-19(29)16-9-23-17-5-4-14(22)10-27(16)17/h2-5,8-11H,6-7H2,1H3,(H,24,29). The maximum Gasteiger partial charge on any atom is 0.274 e. The lowest BCUT2D eigenvalue weighted by Crippen LogP contribution is -2.15. The molecule has 1 N–H and O–H groups in total. The van der Waals surface area contributed by atoms with Gasteiger partial charge in [-0.3, -0.25) is 9.20 Å². The van der Waals surface area contributed by atoms with Gasteiger partial charge in [0.1, 0.15) is 28.9 Å². The number of hydrogen-bond acceptors (Lipinski definition) is 6. The SMILES string of the molecule is Cc1ccc(-c2noc(C3(C=O)CC3)n2)cc1NC(=O)c1cnc2ccc(F)cn12. The van der Waals surface area contributed by atoms with Crippen LogP contribution in [0.2, 0.25) is 0 Å². The molecule has 0 aliphatic heterocycles. The van der Waals surface area contributed by atoms with E-state index in [9.17, 15) is 14.0 Å². The molecule has 0 spiro atoms. The Bertz CT molecular complexity index is 1310. The van der Waals surface area contributed by atoms with E-state index in [4.69, 9.17) is 4.52 Å². The molecule has 0 bridgehead atoms. The van der Waals surface area contributed by atoms with Gasteiger partial charge in [0, 0.05) is 17.4 Å². The molecule has 1 aliphatic rings. The van der Waals surface area contributed by atoms with Gasteiger partial charge in [0.2, 0.25) is 11.7 Å². The molecule has 3 aromatic heterocycles. The lowest BCUT2D eigenvalue weighted by atomic mass is 10.1. The quantitative estimate of drug-likeness (QED) is 0.511. The predicted octanol–water partition coefficient (Wildman–Crippen LogP) is 3.31. The molecule has 1 aliphatic carbocycles. The third-order valence-electron chi connectivity index (χ3n) is 5.31. The average Bonchev–Trinajstić information content (AvgIpc) is 3.18. The number of fused-ring (bicyclic) bond motifs is 1. The number of hydrogen-bond donors (Lipinski definition) is 1. The second-order valence-corrected chi connectivity index (χ2v) is 7.40. The minimum Gasteiger partial charge on any atom is -0.338 e. The molecular weight excluding hydrogens is 389 g/mol. The molecule has 4 aromatic rings. The summed E-state index contributed by atoms with van der Waals surface area (Å²) in [5.74, 6) is -0.249. The van der Waals surface area contributed by atoms with E-state index in [1.807, 2.05) is 19.1 Å². The van der Waals surface area contributed by atoms with E-state index >= 15 is 0 Å². The molecular formula is C21H16FN5O3. The van der Waals surface area contributed by atoms with E-state index in [2.05, 4.69) is 20.4 Å². The predicted molar refractivity (Wildman–Crippen MR) is 105 cm³/mol. The van der Waals surface area contributed by atoms with Crippen LogP contribution in [-0.2, 0) is 10.2 Å². The van der Waals surface area contributed by atoms with E-state index < -0.39 is 17.1 Å². The summed E-state index contributed by atoms with van der Waals surface area (Å²) in [6.07, 6.45) is 4.86. The number of carbonyl (C=O) groups excluding carboxylic acids is 2. The number of rotatable bonds is 5. The van der Waals surface area contributed by atoms with Crippen molar-refractivity contribution in [1.29, 1.82) is 0 Å². The van der Waals surface area contributed by atoms with Crippen molar-refractivity contribution in [3.63, 3.8) is 0 Å².